The second-order valence-electron chi connectivity index (χ2n) is 4.83. The van der Waals surface area contributed by atoms with Gasteiger partial charge < -0.3 is 10.6 Å². The number of nitrogens with one attached hydrogen (secondary N) is 2. The van der Waals surface area contributed by atoms with Crippen molar-refractivity contribution in [2.45, 2.75) is 39.2 Å². The highest BCUT2D eigenvalue weighted by Crippen LogP contribution is 2.17. The van der Waals surface area contributed by atoms with Gasteiger partial charge >= 0.3 is 0 Å². The molecule has 88 valence electrons. The van der Waals surface area contributed by atoms with Gasteiger partial charge in [0, 0.05) is 18.3 Å². The quantitative estimate of drug-likeness (QED) is 0.812. The molecule has 1 aromatic carbocycles. The van der Waals surface area contributed by atoms with E-state index in [1.807, 2.05) is 0 Å². The summed E-state index contributed by atoms with van der Waals surface area (Å²) in [6.45, 7) is 6.58. The Morgan fingerprint density at radius 2 is 2.25 bits per heavy atom. The van der Waals surface area contributed by atoms with Gasteiger partial charge in [-0.2, -0.15) is 0 Å². The molecule has 1 atom stereocenters. The van der Waals surface area contributed by atoms with Gasteiger partial charge in [0.05, 0.1) is 0 Å². The maximum Gasteiger partial charge on any atom is 0.0372 e. The molecule has 16 heavy (non-hydrogen) atoms. The van der Waals surface area contributed by atoms with E-state index in [2.05, 4.69) is 42.7 Å². The minimum absolute atomic E-state index is 0.734. The third kappa shape index (κ3) is 2.99. The molecule has 0 spiro atoms. The van der Waals surface area contributed by atoms with Crippen molar-refractivity contribution in [3.8, 4) is 0 Å². The highest BCUT2D eigenvalue weighted by molar-refractivity contribution is 5.52. The van der Waals surface area contributed by atoms with E-state index in [-0.39, 0.29) is 0 Å². The van der Waals surface area contributed by atoms with Crippen molar-refractivity contribution in [1.82, 2.24) is 5.32 Å². The smallest absolute Gasteiger partial charge is 0.0372 e. The van der Waals surface area contributed by atoms with Gasteiger partial charge in [0.1, 0.15) is 0 Å². The Hall–Kier alpha value is -1.02. The van der Waals surface area contributed by atoms with Crippen molar-refractivity contribution in [3.05, 3.63) is 29.3 Å². The number of hydrogen-bond donors (Lipinski definition) is 2. The van der Waals surface area contributed by atoms with Crippen LogP contribution in [0.15, 0.2) is 18.2 Å². The van der Waals surface area contributed by atoms with Gasteiger partial charge in [0.25, 0.3) is 0 Å². The molecule has 1 heterocycles. The molecule has 0 aromatic heterocycles. The Morgan fingerprint density at radius 3 is 3.00 bits per heavy atom. The van der Waals surface area contributed by atoms with Crippen molar-refractivity contribution in [2.24, 2.45) is 0 Å². The van der Waals surface area contributed by atoms with Crippen LogP contribution >= 0.6 is 0 Å². The zero-order valence-corrected chi connectivity index (χ0v) is 10.3. The van der Waals surface area contributed by atoms with E-state index in [9.17, 15) is 0 Å². The maximum absolute atomic E-state index is 3.54. The first-order chi connectivity index (χ1) is 7.75. The summed E-state index contributed by atoms with van der Waals surface area (Å²) in [5, 5.41) is 7.07. The highest BCUT2D eigenvalue weighted by Gasteiger charge is 2.12. The molecule has 1 aliphatic rings. The SMILES string of the molecule is Cc1ccc(C)c(NCCC2CCCN2)c1. The Kier molecular flexibility index (Phi) is 3.83. The Bertz CT molecular complexity index is 341. The summed E-state index contributed by atoms with van der Waals surface area (Å²) in [7, 11) is 0. The molecule has 0 radical (unpaired) electrons. The predicted octanol–water partition coefficient (Wildman–Crippen LogP) is 2.86. The minimum Gasteiger partial charge on any atom is -0.385 e. The summed E-state index contributed by atoms with van der Waals surface area (Å²) >= 11 is 0. The normalized spacial score (nSPS) is 20.0. The van der Waals surface area contributed by atoms with Gasteiger partial charge in [-0.1, -0.05) is 12.1 Å². The average Bonchev–Trinajstić information content (AvgIpc) is 2.76. The molecule has 0 aliphatic carbocycles. The molecule has 1 aromatic rings. The minimum atomic E-state index is 0.734. The molecule has 0 saturated carbocycles. The van der Waals surface area contributed by atoms with Gasteiger partial charge in [0.15, 0.2) is 0 Å². The Balaban J connectivity index is 1.82. The number of hydrogen-bond acceptors (Lipinski definition) is 2. The lowest BCUT2D eigenvalue weighted by molar-refractivity contribution is 0.574. The second kappa shape index (κ2) is 5.35. The molecular weight excluding hydrogens is 196 g/mol. The number of benzene rings is 1. The fourth-order valence-electron chi connectivity index (χ4n) is 2.31. The third-order valence-electron chi connectivity index (χ3n) is 3.36. The van der Waals surface area contributed by atoms with Gasteiger partial charge in [-0.25, -0.2) is 0 Å². The summed E-state index contributed by atoms with van der Waals surface area (Å²) in [4.78, 5) is 0. The fraction of sp³-hybridized carbons (Fsp3) is 0.571. The molecule has 2 heteroatoms. The monoisotopic (exact) mass is 218 g/mol. The van der Waals surface area contributed by atoms with Crippen LogP contribution in [-0.2, 0) is 0 Å². The first-order valence-corrected chi connectivity index (χ1v) is 6.30. The van der Waals surface area contributed by atoms with Gasteiger partial charge in [-0.05, 0) is 56.8 Å². The molecular formula is C14H22N2. The van der Waals surface area contributed by atoms with Crippen LogP contribution in [0.5, 0.6) is 0 Å². The molecule has 0 bridgehead atoms. The number of rotatable bonds is 4. The maximum atomic E-state index is 3.54. The summed E-state index contributed by atoms with van der Waals surface area (Å²) in [5.74, 6) is 0. The second-order valence-corrected chi connectivity index (χ2v) is 4.83. The van der Waals surface area contributed by atoms with E-state index >= 15 is 0 Å². The van der Waals surface area contributed by atoms with Crippen LogP contribution in [0, 0.1) is 13.8 Å². The van der Waals surface area contributed by atoms with E-state index in [0.29, 0.717) is 0 Å². The predicted molar refractivity (Wildman–Crippen MR) is 70.0 cm³/mol. The lowest BCUT2D eigenvalue weighted by Gasteiger charge is -2.13. The van der Waals surface area contributed by atoms with Gasteiger partial charge in [-0.15, -0.1) is 0 Å². The molecule has 2 rings (SSSR count). The van der Waals surface area contributed by atoms with Crippen LogP contribution in [0.25, 0.3) is 0 Å². The van der Waals surface area contributed by atoms with Crippen LogP contribution < -0.4 is 10.6 Å². The van der Waals surface area contributed by atoms with E-state index < -0.39 is 0 Å². The molecule has 2 nitrogen and oxygen atoms in total. The summed E-state index contributed by atoms with van der Waals surface area (Å²) in [6, 6.07) is 7.32. The van der Waals surface area contributed by atoms with Crippen LogP contribution in [-0.4, -0.2) is 19.1 Å². The van der Waals surface area contributed by atoms with Crippen molar-refractivity contribution in [1.29, 1.82) is 0 Å². The van der Waals surface area contributed by atoms with Crippen LogP contribution in [0.3, 0.4) is 0 Å². The molecule has 1 unspecified atom stereocenters. The van der Waals surface area contributed by atoms with Gasteiger partial charge in [0.2, 0.25) is 0 Å². The topological polar surface area (TPSA) is 24.1 Å². The largest absolute Gasteiger partial charge is 0.385 e. The van der Waals surface area contributed by atoms with Crippen molar-refractivity contribution in [3.63, 3.8) is 0 Å². The zero-order chi connectivity index (χ0) is 11.4. The molecule has 2 N–H and O–H groups in total. The Morgan fingerprint density at radius 1 is 1.38 bits per heavy atom. The molecule has 1 fully saturated rings. The fourth-order valence-corrected chi connectivity index (χ4v) is 2.31. The lowest BCUT2D eigenvalue weighted by atomic mass is 10.1. The highest BCUT2D eigenvalue weighted by atomic mass is 14.9. The van der Waals surface area contributed by atoms with Crippen molar-refractivity contribution >= 4 is 5.69 Å². The lowest BCUT2D eigenvalue weighted by Crippen LogP contribution is -2.24. The summed E-state index contributed by atoms with van der Waals surface area (Å²) in [5.41, 5.74) is 3.95. The van der Waals surface area contributed by atoms with Gasteiger partial charge in [-0.3, -0.25) is 0 Å². The molecule has 0 amide bonds. The summed E-state index contributed by atoms with van der Waals surface area (Å²) < 4.78 is 0. The molecule has 1 aliphatic heterocycles. The van der Waals surface area contributed by atoms with Crippen molar-refractivity contribution in [2.75, 3.05) is 18.4 Å². The van der Waals surface area contributed by atoms with Crippen LogP contribution in [0.2, 0.25) is 0 Å². The van der Waals surface area contributed by atoms with E-state index in [0.717, 1.165) is 12.6 Å². The van der Waals surface area contributed by atoms with E-state index in [1.165, 1.54) is 42.6 Å². The first-order valence-electron chi connectivity index (χ1n) is 6.30. The standard InChI is InChI=1S/C14H22N2/c1-11-5-6-12(2)14(10-11)16-9-7-13-4-3-8-15-13/h5-6,10,13,15-16H,3-4,7-9H2,1-2H3. The van der Waals surface area contributed by atoms with Crippen LogP contribution in [0.4, 0.5) is 5.69 Å². The zero-order valence-electron chi connectivity index (χ0n) is 10.3. The average molecular weight is 218 g/mol. The molecule has 1 saturated heterocycles. The van der Waals surface area contributed by atoms with E-state index in [4.69, 9.17) is 0 Å². The van der Waals surface area contributed by atoms with Crippen molar-refractivity contribution < 1.29 is 0 Å². The Labute approximate surface area is 98.4 Å². The number of aryl methyl sites for hydroxylation is 2. The third-order valence-corrected chi connectivity index (χ3v) is 3.36. The van der Waals surface area contributed by atoms with Crippen LogP contribution in [0.1, 0.15) is 30.4 Å². The summed E-state index contributed by atoms with van der Waals surface area (Å²) in [6.07, 6.45) is 3.91. The van der Waals surface area contributed by atoms with E-state index in [1.54, 1.807) is 0 Å². The number of anilines is 1. The first kappa shape index (κ1) is 11.5.